The number of nitrogens with zero attached hydrogens (tertiary/aromatic N) is 4. The van der Waals surface area contributed by atoms with E-state index in [0.29, 0.717) is 18.1 Å². The summed E-state index contributed by atoms with van der Waals surface area (Å²) < 4.78 is 1.58. The highest BCUT2D eigenvalue weighted by molar-refractivity contribution is 5.68. The predicted octanol–water partition coefficient (Wildman–Crippen LogP) is 1.82. The Kier molecular flexibility index (Phi) is 3.22. The number of aromatic nitrogens is 3. The maximum Gasteiger partial charge on any atom is 0.297 e. The molecule has 0 aliphatic carbocycles. The van der Waals surface area contributed by atoms with E-state index in [1.54, 1.807) is 30.1 Å². The first-order chi connectivity index (χ1) is 8.61. The van der Waals surface area contributed by atoms with Gasteiger partial charge in [0.05, 0.1) is 4.92 Å². The zero-order chi connectivity index (χ0) is 13.1. The Balaban J connectivity index is 2.53. The normalized spacial score (nSPS) is 10.3. The van der Waals surface area contributed by atoms with E-state index >= 15 is 0 Å². The van der Waals surface area contributed by atoms with E-state index in [1.807, 2.05) is 6.92 Å². The number of pyridine rings is 1. The van der Waals surface area contributed by atoms with Crippen LogP contribution in [0.4, 0.5) is 11.5 Å². The van der Waals surface area contributed by atoms with Crippen molar-refractivity contribution in [2.45, 2.75) is 6.92 Å². The van der Waals surface area contributed by atoms with Crippen LogP contribution < -0.4 is 5.32 Å². The Hall–Kier alpha value is -2.44. The second-order valence-corrected chi connectivity index (χ2v) is 3.73. The molecule has 2 heterocycles. The second-order valence-electron chi connectivity index (χ2n) is 3.73. The lowest BCUT2D eigenvalue weighted by Crippen LogP contribution is -2.02. The van der Waals surface area contributed by atoms with Crippen LogP contribution in [0.3, 0.4) is 0 Å². The molecule has 0 amide bonds. The van der Waals surface area contributed by atoms with Crippen LogP contribution in [0, 0.1) is 10.1 Å². The maximum absolute atomic E-state index is 11.0. The van der Waals surface area contributed by atoms with Crippen molar-refractivity contribution in [3.8, 4) is 11.4 Å². The molecule has 2 aromatic rings. The number of aryl methyl sites for hydroxylation is 1. The van der Waals surface area contributed by atoms with Gasteiger partial charge in [0.25, 0.3) is 5.69 Å². The Bertz CT molecular complexity index is 579. The predicted molar refractivity (Wildman–Crippen MR) is 67.3 cm³/mol. The van der Waals surface area contributed by atoms with E-state index in [4.69, 9.17) is 0 Å². The van der Waals surface area contributed by atoms with E-state index in [1.165, 1.54) is 6.07 Å². The summed E-state index contributed by atoms with van der Waals surface area (Å²) in [5, 5.41) is 18.2. The molecule has 18 heavy (non-hydrogen) atoms. The fraction of sp³-hybridized carbons (Fsp3) is 0.273. The van der Waals surface area contributed by atoms with Crippen molar-refractivity contribution in [3.63, 3.8) is 0 Å². The highest BCUT2D eigenvalue weighted by Gasteiger charge is 2.19. The van der Waals surface area contributed by atoms with Crippen molar-refractivity contribution in [2.75, 3.05) is 11.9 Å². The number of hydrogen-bond donors (Lipinski definition) is 1. The first-order valence-electron chi connectivity index (χ1n) is 5.51. The number of hydrogen-bond acceptors (Lipinski definition) is 5. The summed E-state index contributed by atoms with van der Waals surface area (Å²) in [6.07, 6.45) is 1.72. The van der Waals surface area contributed by atoms with Gasteiger partial charge in [-0.2, -0.15) is 5.10 Å². The molecule has 1 N–H and O–H groups in total. The van der Waals surface area contributed by atoms with Crippen molar-refractivity contribution in [3.05, 3.63) is 34.5 Å². The summed E-state index contributed by atoms with van der Waals surface area (Å²) in [6, 6.07) is 4.73. The summed E-state index contributed by atoms with van der Waals surface area (Å²) in [5.41, 5.74) is 0.721. The minimum Gasteiger partial charge on any atom is -0.370 e. The van der Waals surface area contributed by atoms with Crippen molar-refractivity contribution in [1.29, 1.82) is 0 Å². The third-order valence-corrected chi connectivity index (χ3v) is 2.38. The minimum absolute atomic E-state index is 0.0460. The minimum atomic E-state index is -0.452. The average molecular weight is 247 g/mol. The van der Waals surface area contributed by atoms with Gasteiger partial charge in [0.15, 0.2) is 5.69 Å². The van der Waals surface area contributed by atoms with E-state index in [-0.39, 0.29) is 11.4 Å². The van der Waals surface area contributed by atoms with Crippen LogP contribution in [0.2, 0.25) is 0 Å². The fourth-order valence-electron chi connectivity index (χ4n) is 1.61. The van der Waals surface area contributed by atoms with Crippen LogP contribution >= 0.6 is 0 Å². The topological polar surface area (TPSA) is 85.9 Å². The molecule has 2 rings (SSSR count). The van der Waals surface area contributed by atoms with Crippen molar-refractivity contribution in [2.24, 2.45) is 7.05 Å². The smallest absolute Gasteiger partial charge is 0.297 e. The average Bonchev–Trinajstić information content (AvgIpc) is 2.76. The number of nitro groups is 1. The molecule has 0 atom stereocenters. The van der Waals surface area contributed by atoms with E-state index in [2.05, 4.69) is 15.4 Å². The van der Waals surface area contributed by atoms with E-state index in [0.717, 1.165) is 0 Å². The second kappa shape index (κ2) is 4.82. The fourth-order valence-corrected chi connectivity index (χ4v) is 1.61. The molecule has 0 aliphatic rings. The van der Waals surface area contributed by atoms with Gasteiger partial charge in [-0.1, -0.05) is 0 Å². The van der Waals surface area contributed by atoms with Crippen molar-refractivity contribution in [1.82, 2.24) is 14.8 Å². The van der Waals surface area contributed by atoms with Gasteiger partial charge in [0.1, 0.15) is 11.5 Å². The van der Waals surface area contributed by atoms with Gasteiger partial charge in [0, 0.05) is 25.9 Å². The third kappa shape index (κ3) is 2.29. The number of nitrogens with one attached hydrogen (secondary N) is 1. The van der Waals surface area contributed by atoms with Crippen molar-refractivity contribution < 1.29 is 4.92 Å². The molecular formula is C11H13N5O2. The summed E-state index contributed by atoms with van der Waals surface area (Å²) in [6.45, 7) is 2.63. The van der Waals surface area contributed by atoms with E-state index < -0.39 is 4.92 Å². The lowest BCUT2D eigenvalue weighted by atomic mass is 10.2. The Morgan fingerprint density at radius 2 is 2.22 bits per heavy atom. The molecule has 7 heteroatoms. The Labute approximate surface area is 104 Å². The van der Waals surface area contributed by atoms with Crippen LogP contribution in [-0.4, -0.2) is 26.2 Å². The SMILES string of the molecule is CCNc1ccc([N+](=O)[O-])c(-c2ccn(C)n2)n1. The molecule has 0 unspecified atom stereocenters. The summed E-state index contributed by atoms with van der Waals surface area (Å²) >= 11 is 0. The number of rotatable bonds is 4. The molecule has 7 nitrogen and oxygen atoms in total. The third-order valence-electron chi connectivity index (χ3n) is 2.38. The molecule has 0 aliphatic heterocycles. The molecule has 0 bridgehead atoms. The molecule has 0 radical (unpaired) electrons. The molecule has 0 spiro atoms. The summed E-state index contributed by atoms with van der Waals surface area (Å²) in [5.74, 6) is 0.601. The maximum atomic E-state index is 11.0. The molecule has 0 aromatic carbocycles. The lowest BCUT2D eigenvalue weighted by Gasteiger charge is -2.04. The van der Waals surface area contributed by atoms with Crippen molar-refractivity contribution >= 4 is 11.5 Å². The van der Waals surface area contributed by atoms with Gasteiger partial charge in [0.2, 0.25) is 0 Å². The summed E-state index contributed by atoms with van der Waals surface area (Å²) in [4.78, 5) is 14.8. The van der Waals surface area contributed by atoms with Gasteiger partial charge < -0.3 is 5.32 Å². The lowest BCUT2D eigenvalue weighted by molar-refractivity contribution is -0.384. The van der Waals surface area contributed by atoms with Gasteiger partial charge >= 0.3 is 0 Å². The largest absolute Gasteiger partial charge is 0.370 e. The zero-order valence-corrected chi connectivity index (χ0v) is 10.1. The van der Waals surface area contributed by atoms with Gasteiger partial charge in [-0.25, -0.2) is 4.98 Å². The monoisotopic (exact) mass is 247 g/mol. The first-order valence-corrected chi connectivity index (χ1v) is 5.51. The quantitative estimate of drug-likeness (QED) is 0.657. The molecule has 2 aromatic heterocycles. The zero-order valence-electron chi connectivity index (χ0n) is 10.1. The van der Waals surface area contributed by atoms with Gasteiger partial charge in [-0.15, -0.1) is 0 Å². The molecule has 0 fully saturated rings. The number of anilines is 1. The molecule has 94 valence electrons. The Morgan fingerprint density at radius 3 is 2.78 bits per heavy atom. The molecular weight excluding hydrogens is 234 g/mol. The van der Waals surface area contributed by atoms with Crippen LogP contribution in [0.25, 0.3) is 11.4 Å². The highest BCUT2D eigenvalue weighted by atomic mass is 16.6. The first kappa shape index (κ1) is 12.0. The highest BCUT2D eigenvalue weighted by Crippen LogP contribution is 2.27. The summed E-state index contributed by atoms with van der Waals surface area (Å²) in [7, 11) is 1.75. The Morgan fingerprint density at radius 1 is 1.44 bits per heavy atom. The van der Waals surface area contributed by atoms with Crippen LogP contribution in [0.1, 0.15) is 6.92 Å². The van der Waals surface area contributed by atoms with E-state index in [9.17, 15) is 10.1 Å². The molecule has 0 saturated carbocycles. The van der Waals surface area contributed by atoms with Gasteiger partial charge in [-0.3, -0.25) is 14.8 Å². The molecule has 0 saturated heterocycles. The van der Waals surface area contributed by atoms with Gasteiger partial charge in [-0.05, 0) is 19.1 Å². The van der Waals surface area contributed by atoms with Crippen LogP contribution in [-0.2, 0) is 7.05 Å². The van der Waals surface area contributed by atoms with Crippen LogP contribution in [0.15, 0.2) is 24.4 Å². The van der Waals surface area contributed by atoms with Crippen LogP contribution in [0.5, 0.6) is 0 Å². The standard InChI is InChI=1S/C11H13N5O2/c1-3-12-10-5-4-9(16(17)18)11(13-10)8-6-7-15(2)14-8/h4-7H,3H2,1-2H3,(H,12,13).